The maximum Gasteiger partial charge on any atom is 0.315 e. The number of urea groups is 1. The van der Waals surface area contributed by atoms with Crippen molar-refractivity contribution in [3.8, 4) is 0 Å². The first-order valence-electron chi connectivity index (χ1n) is 7.32. The number of carboxylic acids is 1. The summed E-state index contributed by atoms with van der Waals surface area (Å²) in [7, 11) is 0. The van der Waals surface area contributed by atoms with Crippen LogP contribution >= 0.6 is 0 Å². The van der Waals surface area contributed by atoms with Crippen LogP contribution in [0.15, 0.2) is 11.6 Å². The third-order valence-electron chi connectivity index (χ3n) is 3.07. The number of hydrogen-bond acceptors (Lipinski definition) is 2. The Balaban J connectivity index is 3.83. The summed E-state index contributed by atoms with van der Waals surface area (Å²) in [5.74, 6) is -0.382. The third-order valence-corrected chi connectivity index (χ3v) is 3.07. The Morgan fingerprint density at radius 3 is 2.40 bits per heavy atom. The van der Waals surface area contributed by atoms with Gasteiger partial charge in [-0.05, 0) is 32.6 Å². The molecule has 0 radical (unpaired) electrons. The molecular weight excluding hydrogens is 256 g/mol. The number of aliphatic carboxylic acids is 1. The molecule has 2 amide bonds. The molecule has 0 aliphatic heterocycles. The van der Waals surface area contributed by atoms with E-state index in [1.807, 2.05) is 19.9 Å². The molecule has 0 rings (SSSR count). The van der Waals surface area contributed by atoms with Crippen LogP contribution in [-0.4, -0.2) is 30.2 Å². The molecule has 0 saturated carbocycles. The number of carbonyl (C=O) groups is 2. The van der Waals surface area contributed by atoms with Crippen LogP contribution in [0.2, 0.25) is 0 Å². The summed E-state index contributed by atoms with van der Waals surface area (Å²) in [4.78, 5) is 22.1. The van der Waals surface area contributed by atoms with Crippen molar-refractivity contribution in [1.82, 2.24) is 10.6 Å². The predicted molar refractivity (Wildman–Crippen MR) is 80.7 cm³/mol. The van der Waals surface area contributed by atoms with E-state index in [1.165, 1.54) is 5.57 Å². The van der Waals surface area contributed by atoms with Gasteiger partial charge in [-0.3, -0.25) is 4.79 Å². The van der Waals surface area contributed by atoms with Gasteiger partial charge in [0.15, 0.2) is 0 Å². The summed E-state index contributed by atoms with van der Waals surface area (Å²) < 4.78 is 0. The lowest BCUT2D eigenvalue weighted by Crippen LogP contribution is -2.36. The van der Waals surface area contributed by atoms with Gasteiger partial charge in [-0.1, -0.05) is 31.4 Å². The van der Waals surface area contributed by atoms with Crippen molar-refractivity contribution in [3.05, 3.63) is 11.6 Å². The molecule has 0 aromatic carbocycles. The molecule has 5 heteroatoms. The first-order valence-corrected chi connectivity index (χ1v) is 7.32. The number of rotatable bonds is 10. The molecule has 3 N–H and O–H groups in total. The van der Waals surface area contributed by atoms with Crippen LogP contribution in [0.3, 0.4) is 0 Å². The highest BCUT2D eigenvalue weighted by atomic mass is 16.4. The van der Waals surface area contributed by atoms with Crippen molar-refractivity contribution in [2.24, 2.45) is 5.92 Å². The summed E-state index contributed by atoms with van der Waals surface area (Å²) >= 11 is 0. The van der Waals surface area contributed by atoms with E-state index in [4.69, 9.17) is 5.11 Å². The maximum absolute atomic E-state index is 11.5. The minimum Gasteiger partial charge on any atom is -0.481 e. The van der Waals surface area contributed by atoms with Crippen molar-refractivity contribution >= 4 is 12.0 Å². The fraction of sp³-hybridized carbons (Fsp3) is 0.733. The second kappa shape index (κ2) is 11.3. The Morgan fingerprint density at radius 2 is 1.85 bits per heavy atom. The van der Waals surface area contributed by atoms with E-state index in [1.54, 1.807) is 0 Å². The lowest BCUT2D eigenvalue weighted by Gasteiger charge is -2.15. The lowest BCUT2D eigenvalue weighted by molar-refractivity contribution is -0.137. The van der Waals surface area contributed by atoms with Gasteiger partial charge in [-0.2, -0.15) is 0 Å². The molecule has 0 aliphatic rings. The predicted octanol–water partition coefficient (Wildman–Crippen LogP) is 2.92. The minimum atomic E-state index is -0.751. The van der Waals surface area contributed by atoms with Crippen LogP contribution in [0, 0.1) is 5.92 Å². The van der Waals surface area contributed by atoms with Crippen molar-refractivity contribution in [3.63, 3.8) is 0 Å². The first kappa shape index (κ1) is 18.5. The van der Waals surface area contributed by atoms with E-state index < -0.39 is 5.97 Å². The van der Waals surface area contributed by atoms with Crippen LogP contribution in [-0.2, 0) is 4.79 Å². The Labute approximate surface area is 121 Å². The topological polar surface area (TPSA) is 78.4 Å². The molecule has 0 spiro atoms. The van der Waals surface area contributed by atoms with Gasteiger partial charge in [0.2, 0.25) is 0 Å². The van der Waals surface area contributed by atoms with Gasteiger partial charge in [0.25, 0.3) is 0 Å². The van der Waals surface area contributed by atoms with Gasteiger partial charge in [-0.15, -0.1) is 0 Å². The highest BCUT2D eigenvalue weighted by molar-refractivity contribution is 5.73. The highest BCUT2D eigenvalue weighted by Gasteiger charge is 2.10. The molecule has 0 aromatic heterocycles. The lowest BCUT2D eigenvalue weighted by atomic mass is 9.94. The van der Waals surface area contributed by atoms with Crippen molar-refractivity contribution in [2.75, 3.05) is 13.1 Å². The fourth-order valence-corrected chi connectivity index (χ4v) is 1.97. The summed E-state index contributed by atoms with van der Waals surface area (Å²) in [5, 5.41) is 14.3. The molecule has 20 heavy (non-hydrogen) atoms. The number of amides is 2. The Morgan fingerprint density at radius 1 is 1.15 bits per heavy atom. The van der Waals surface area contributed by atoms with E-state index in [2.05, 4.69) is 17.6 Å². The SMILES string of the molecule is CCCC(CCNC(=O)NCC=C(C)C)CCC(=O)O. The van der Waals surface area contributed by atoms with Gasteiger partial charge in [0, 0.05) is 19.5 Å². The first-order chi connectivity index (χ1) is 9.45. The summed E-state index contributed by atoms with van der Waals surface area (Å²) in [6.45, 7) is 7.18. The van der Waals surface area contributed by atoms with Crippen LogP contribution in [0.5, 0.6) is 0 Å². The van der Waals surface area contributed by atoms with Gasteiger partial charge < -0.3 is 15.7 Å². The summed E-state index contributed by atoms with van der Waals surface area (Å²) in [6, 6.07) is -0.170. The second-order valence-electron chi connectivity index (χ2n) is 5.29. The average molecular weight is 284 g/mol. The molecule has 0 saturated heterocycles. The van der Waals surface area contributed by atoms with Gasteiger partial charge in [-0.25, -0.2) is 4.79 Å². The van der Waals surface area contributed by atoms with Crippen LogP contribution in [0.1, 0.15) is 52.9 Å². The van der Waals surface area contributed by atoms with E-state index in [0.717, 1.165) is 19.3 Å². The molecule has 0 fully saturated rings. The van der Waals surface area contributed by atoms with E-state index in [-0.39, 0.29) is 12.5 Å². The van der Waals surface area contributed by atoms with E-state index >= 15 is 0 Å². The Hall–Kier alpha value is -1.52. The number of hydrogen-bond donors (Lipinski definition) is 3. The van der Waals surface area contributed by atoms with Gasteiger partial charge in [0.05, 0.1) is 0 Å². The van der Waals surface area contributed by atoms with E-state index in [0.29, 0.717) is 25.4 Å². The van der Waals surface area contributed by atoms with Crippen LogP contribution in [0.4, 0.5) is 4.79 Å². The monoisotopic (exact) mass is 284 g/mol. The maximum atomic E-state index is 11.5. The summed E-state index contributed by atoms with van der Waals surface area (Å²) in [5.41, 5.74) is 1.17. The smallest absolute Gasteiger partial charge is 0.315 e. The van der Waals surface area contributed by atoms with Crippen LogP contribution < -0.4 is 10.6 Å². The Kier molecular flexibility index (Phi) is 10.5. The van der Waals surface area contributed by atoms with Gasteiger partial charge >= 0.3 is 12.0 Å². The normalized spacial score (nSPS) is 11.6. The van der Waals surface area contributed by atoms with Crippen LogP contribution in [0.25, 0.3) is 0 Å². The fourth-order valence-electron chi connectivity index (χ4n) is 1.97. The van der Waals surface area contributed by atoms with E-state index in [9.17, 15) is 9.59 Å². The number of carboxylic acid groups (broad SMARTS) is 1. The molecule has 116 valence electrons. The minimum absolute atomic E-state index is 0.170. The number of allylic oxidation sites excluding steroid dienone is 1. The number of carbonyl (C=O) groups excluding carboxylic acids is 1. The zero-order valence-electron chi connectivity index (χ0n) is 12.9. The molecule has 1 atom stereocenters. The highest BCUT2D eigenvalue weighted by Crippen LogP contribution is 2.16. The van der Waals surface area contributed by atoms with Crippen molar-refractivity contribution in [1.29, 1.82) is 0 Å². The van der Waals surface area contributed by atoms with Crippen molar-refractivity contribution < 1.29 is 14.7 Å². The Bertz CT molecular complexity index is 323. The third kappa shape index (κ3) is 11.6. The quantitative estimate of drug-likeness (QED) is 0.540. The summed E-state index contributed by atoms with van der Waals surface area (Å²) in [6.07, 6.45) is 5.72. The zero-order valence-corrected chi connectivity index (χ0v) is 12.9. The molecule has 0 heterocycles. The van der Waals surface area contributed by atoms with Gasteiger partial charge in [0.1, 0.15) is 0 Å². The molecule has 0 aliphatic carbocycles. The van der Waals surface area contributed by atoms with Crippen molar-refractivity contribution in [2.45, 2.75) is 52.9 Å². The number of nitrogens with one attached hydrogen (secondary N) is 2. The molecular formula is C15H28N2O3. The standard InChI is InChI=1S/C15H28N2O3/c1-4-5-13(6-7-14(18)19)9-11-17-15(20)16-10-8-12(2)3/h8,13H,4-7,9-11H2,1-3H3,(H,18,19)(H2,16,17,20). The average Bonchev–Trinajstić information content (AvgIpc) is 2.35. The molecule has 0 aromatic rings. The molecule has 5 nitrogen and oxygen atoms in total. The molecule has 0 bridgehead atoms. The zero-order chi connectivity index (χ0) is 15.4. The molecule has 1 unspecified atom stereocenters. The second-order valence-corrected chi connectivity index (χ2v) is 5.29. The largest absolute Gasteiger partial charge is 0.481 e.